The summed E-state index contributed by atoms with van der Waals surface area (Å²) in [5.74, 6) is 0.411. The quantitative estimate of drug-likeness (QED) is 0.902. The van der Waals surface area contributed by atoms with E-state index in [4.69, 9.17) is 4.74 Å². The summed E-state index contributed by atoms with van der Waals surface area (Å²) in [5, 5.41) is 3.29. The van der Waals surface area contributed by atoms with E-state index >= 15 is 0 Å². The molecule has 0 aliphatic carbocycles. The highest BCUT2D eigenvalue weighted by Crippen LogP contribution is 2.32. The number of methoxy groups -OCH3 is 1. The van der Waals surface area contributed by atoms with Crippen LogP contribution >= 0.6 is 15.9 Å². The molecule has 0 aliphatic heterocycles. The monoisotopic (exact) mass is 338 g/mol. The summed E-state index contributed by atoms with van der Waals surface area (Å²) in [7, 11) is 1.61. The number of ether oxygens (including phenoxy) is 1. The largest absolute Gasteiger partial charge is 0.497 e. The van der Waals surface area contributed by atoms with Crippen molar-refractivity contribution in [3.8, 4) is 5.75 Å². The Kier molecular flexibility index (Phi) is 5.09. The minimum Gasteiger partial charge on any atom is -0.497 e. The van der Waals surface area contributed by atoms with Crippen molar-refractivity contribution in [2.45, 2.75) is 13.0 Å². The Morgan fingerprint density at radius 2 is 2.15 bits per heavy atom. The number of benzene rings is 1. The van der Waals surface area contributed by atoms with Gasteiger partial charge in [-0.05, 0) is 36.4 Å². The van der Waals surface area contributed by atoms with Gasteiger partial charge in [0.25, 0.3) is 0 Å². The molecule has 0 spiro atoms. The van der Waals surface area contributed by atoms with Crippen molar-refractivity contribution >= 4 is 15.9 Å². The molecule has 1 atom stereocenters. The summed E-state index contributed by atoms with van der Waals surface area (Å²) in [6.45, 7) is 2.70. The minimum absolute atomic E-state index is 0.257. The lowest BCUT2D eigenvalue weighted by atomic mass is 9.99. The van der Waals surface area contributed by atoms with E-state index in [0.29, 0.717) is 5.56 Å². The van der Waals surface area contributed by atoms with Gasteiger partial charge in [0.1, 0.15) is 11.6 Å². The molecule has 106 valence electrons. The number of rotatable bonds is 5. The highest BCUT2D eigenvalue weighted by atomic mass is 79.9. The average molecular weight is 339 g/mol. The van der Waals surface area contributed by atoms with Crippen molar-refractivity contribution in [2.75, 3.05) is 13.7 Å². The van der Waals surface area contributed by atoms with Crippen molar-refractivity contribution < 1.29 is 9.13 Å². The smallest absolute Gasteiger partial charge is 0.146 e. The summed E-state index contributed by atoms with van der Waals surface area (Å²) in [5.41, 5.74) is 1.49. The van der Waals surface area contributed by atoms with Gasteiger partial charge in [0.05, 0.1) is 19.3 Å². The lowest BCUT2D eigenvalue weighted by molar-refractivity contribution is 0.413. The SMILES string of the molecule is CCNC(c1ccncc1F)c1cc(OC)ccc1Br. The van der Waals surface area contributed by atoms with Gasteiger partial charge >= 0.3 is 0 Å². The number of nitrogens with one attached hydrogen (secondary N) is 1. The zero-order valence-corrected chi connectivity index (χ0v) is 12.9. The first kappa shape index (κ1) is 14.9. The Bertz CT molecular complexity index is 592. The molecule has 5 heteroatoms. The third-order valence-corrected chi connectivity index (χ3v) is 3.76. The first-order chi connectivity index (χ1) is 9.67. The Morgan fingerprint density at radius 3 is 2.80 bits per heavy atom. The van der Waals surface area contributed by atoms with E-state index in [2.05, 4.69) is 26.2 Å². The van der Waals surface area contributed by atoms with E-state index in [-0.39, 0.29) is 11.9 Å². The topological polar surface area (TPSA) is 34.2 Å². The number of nitrogens with zero attached hydrogens (tertiary/aromatic N) is 1. The van der Waals surface area contributed by atoms with Crippen LogP contribution in [0.4, 0.5) is 4.39 Å². The molecule has 0 fully saturated rings. The third-order valence-electron chi connectivity index (χ3n) is 3.04. The van der Waals surface area contributed by atoms with Crippen LogP contribution in [0.25, 0.3) is 0 Å². The molecule has 0 amide bonds. The van der Waals surface area contributed by atoms with E-state index in [1.807, 2.05) is 25.1 Å². The molecule has 0 aliphatic rings. The molecule has 0 radical (unpaired) electrons. The van der Waals surface area contributed by atoms with E-state index in [9.17, 15) is 4.39 Å². The molecule has 1 unspecified atom stereocenters. The molecule has 0 saturated heterocycles. The van der Waals surface area contributed by atoms with Crippen LogP contribution in [0, 0.1) is 5.82 Å². The predicted molar refractivity (Wildman–Crippen MR) is 80.4 cm³/mol. The fourth-order valence-electron chi connectivity index (χ4n) is 2.08. The van der Waals surface area contributed by atoms with Crippen LogP contribution in [0.3, 0.4) is 0 Å². The van der Waals surface area contributed by atoms with Crippen LogP contribution in [-0.4, -0.2) is 18.6 Å². The molecular formula is C15H16BrFN2O. The van der Waals surface area contributed by atoms with E-state index in [1.54, 1.807) is 19.4 Å². The van der Waals surface area contributed by atoms with Crippen LogP contribution < -0.4 is 10.1 Å². The van der Waals surface area contributed by atoms with Gasteiger partial charge in [0, 0.05) is 16.2 Å². The average Bonchev–Trinajstić information content (AvgIpc) is 2.47. The summed E-state index contributed by atoms with van der Waals surface area (Å²) in [4.78, 5) is 3.80. The standard InChI is InChI=1S/C15H16BrFN2O/c1-3-19-15(11-6-7-18-9-14(11)17)12-8-10(20-2)4-5-13(12)16/h4-9,15,19H,3H2,1-2H3. The second-order valence-electron chi connectivity index (χ2n) is 4.28. The van der Waals surface area contributed by atoms with Crippen molar-refractivity contribution in [2.24, 2.45) is 0 Å². The Hall–Kier alpha value is -1.46. The highest BCUT2D eigenvalue weighted by molar-refractivity contribution is 9.10. The van der Waals surface area contributed by atoms with E-state index in [0.717, 1.165) is 22.3 Å². The molecule has 1 heterocycles. The highest BCUT2D eigenvalue weighted by Gasteiger charge is 2.20. The molecule has 2 rings (SSSR count). The molecular weight excluding hydrogens is 323 g/mol. The van der Waals surface area contributed by atoms with Crippen LogP contribution in [0.2, 0.25) is 0 Å². The van der Waals surface area contributed by atoms with Crippen LogP contribution in [0.1, 0.15) is 24.1 Å². The summed E-state index contributed by atoms with van der Waals surface area (Å²) >= 11 is 3.52. The summed E-state index contributed by atoms with van der Waals surface area (Å²) in [6.07, 6.45) is 2.82. The second kappa shape index (κ2) is 6.81. The minimum atomic E-state index is -0.326. The van der Waals surface area contributed by atoms with E-state index in [1.165, 1.54) is 6.20 Å². The van der Waals surface area contributed by atoms with Crippen molar-refractivity contribution in [1.82, 2.24) is 10.3 Å². The Morgan fingerprint density at radius 1 is 1.35 bits per heavy atom. The molecule has 2 aromatic rings. The molecule has 20 heavy (non-hydrogen) atoms. The van der Waals surface area contributed by atoms with Gasteiger partial charge in [0.2, 0.25) is 0 Å². The Labute approximate surface area is 126 Å². The van der Waals surface area contributed by atoms with Crippen molar-refractivity contribution in [1.29, 1.82) is 0 Å². The first-order valence-corrected chi connectivity index (χ1v) is 7.13. The molecule has 1 aromatic carbocycles. The van der Waals surface area contributed by atoms with Gasteiger partial charge in [-0.15, -0.1) is 0 Å². The number of aromatic nitrogens is 1. The van der Waals surface area contributed by atoms with Gasteiger partial charge in [-0.25, -0.2) is 4.39 Å². The lowest BCUT2D eigenvalue weighted by Crippen LogP contribution is -2.23. The van der Waals surface area contributed by atoms with Crippen LogP contribution in [0.15, 0.2) is 41.1 Å². The molecule has 1 aromatic heterocycles. The Balaban J connectivity index is 2.51. The fourth-order valence-corrected chi connectivity index (χ4v) is 2.56. The number of pyridine rings is 1. The van der Waals surface area contributed by atoms with Gasteiger partial charge in [-0.2, -0.15) is 0 Å². The van der Waals surface area contributed by atoms with Gasteiger partial charge in [-0.3, -0.25) is 4.98 Å². The maximum atomic E-state index is 14.0. The van der Waals surface area contributed by atoms with Crippen LogP contribution in [0.5, 0.6) is 5.75 Å². The lowest BCUT2D eigenvalue weighted by Gasteiger charge is -2.21. The zero-order valence-electron chi connectivity index (χ0n) is 11.4. The summed E-state index contributed by atoms with van der Waals surface area (Å²) in [6, 6.07) is 7.09. The van der Waals surface area contributed by atoms with Gasteiger partial charge in [0.15, 0.2) is 0 Å². The van der Waals surface area contributed by atoms with E-state index < -0.39 is 0 Å². The predicted octanol–water partition coefficient (Wildman–Crippen LogP) is 3.69. The maximum Gasteiger partial charge on any atom is 0.146 e. The second-order valence-corrected chi connectivity index (χ2v) is 5.13. The third kappa shape index (κ3) is 3.16. The van der Waals surface area contributed by atoms with Crippen molar-refractivity contribution in [3.05, 3.63) is 58.1 Å². The molecule has 0 bridgehead atoms. The number of halogens is 2. The van der Waals surface area contributed by atoms with Crippen molar-refractivity contribution in [3.63, 3.8) is 0 Å². The zero-order chi connectivity index (χ0) is 14.5. The fraction of sp³-hybridized carbons (Fsp3) is 0.267. The van der Waals surface area contributed by atoms with Gasteiger partial charge in [-0.1, -0.05) is 22.9 Å². The number of hydrogen-bond donors (Lipinski definition) is 1. The number of hydrogen-bond acceptors (Lipinski definition) is 3. The van der Waals surface area contributed by atoms with Crippen LogP contribution in [-0.2, 0) is 0 Å². The summed E-state index contributed by atoms with van der Waals surface area (Å²) < 4.78 is 20.2. The van der Waals surface area contributed by atoms with Gasteiger partial charge < -0.3 is 10.1 Å². The molecule has 0 saturated carbocycles. The maximum absolute atomic E-state index is 14.0. The molecule has 1 N–H and O–H groups in total. The molecule has 3 nitrogen and oxygen atoms in total. The normalized spacial score (nSPS) is 12.2. The first-order valence-electron chi connectivity index (χ1n) is 6.33.